The molecule has 13 heteroatoms. The lowest BCUT2D eigenvalue weighted by molar-refractivity contribution is -0.126. The standard InChI is InChI=1S/C34H37ClN8O3S/c1-5-22-10-11-25(38-30(22)40-33-37-18-27(47-33)32(45)39-29-21(3)8-7-9-24(29)35)23-16-26(43-19-34(4,46)20-43)31(36-17-23)42-14-12-41(13-15-42)28(44)6-2/h6-11,16-18,46H,2,5,12-15,19-20H2,1,3-4H3,(H,39,45)(H,37,38,40). The molecule has 3 aromatic heterocycles. The Kier molecular flexibility index (Phi) is 9.18. The number of nitrogens with one attached hydrogen (secondary N) is 2. The Morgan fingerprint density at radius 2 is 1.87 bits per heavy atom. The van der Waals surface area contributed by atoms with Crippen LogP contribution in [0.15, 0.2) is 61.4 Å². The van der Waals surface area contributed by atoms with E-state index in [2.05, 4.69) is 45.0 Å². The van der Waals surface area contributed by atoms with Crippen molar-refractivity contribution in [2.24, 2.45) is 0 Å². The highest BCUT2D eigenvalue weighted by Gasteiger charge is 2.39. The molecule has 2 aliphatic rings. The molecule has 0 bridgehead atoms. The van der Waals surface area contributed by atoms with Gasteiger partial charge in [0.1, 0.15) is 10.7 Å². The zero-order valence-electron chi connectivity index (χ0n) is 26.6. The molecule has 0 saturated carbocycles. The van der Waals surface area contributed by atoms with Crippen molar-refractivity contribution < 1.29 is 14.7 Å². The number of hydrogen-bond donors (Lipinski definition) is 3. The Morgan fingerprint density at radius 1 is 1.11 bits per heavy atom. The minimum absolute atomic E-state index is 0.0672. The number of aromatic nitrogens is 3. The number of amides is 2. The number of pyridine rings is 2. The van der Waals surface area contributed by atoms with Crippen LogP contribution < -0.4 is 20.4 Å². The van der Waals surface area contributed by atoms with Crippen molar-refractivity contribution in [2.45, 2.75) is 32.8 Å². The minimum Gasteiger partial charge on any atom is -0.386 e. The van der Waals surface area contributed by atoms with Gasteiger partial charge in [-0.3, -0.25) is 9.59 Å². The van der Waals surface area contributed by atoms with E-state index in [1.54, 1.807) is 11.0 Å². The summed E-state index contributed by atoms with van der Waals surface area (Å²) in [7, 11) is 0. The van der Waals surface area contributed by atoms with E-state index in [4.69, 9.17) is 21.6 Å². The molecule has 0 radical (unpaired) electrons. The van der Waals surface area contributed by atoms with E-state index in [-0.39, 0.29) is 11.8 Å². The van der Waals surface area contributed by atoms with Crippen LogP contribution in [0.1, 0.15) is 34.6 Å². The monoisotopic (exact) mass is 672 g/mol. The highest BCUT2D eigenvalue weighted by atomic mass is 35.5. The number of carbonyl (C=O) groups excluding carboxylic acids is 2. The second kappa shape index (κ2) is 13.3. The summed E-state index contributed by atoms with van der Waals surface area (Å²) in [5, 5.41) is 17.8. The van der Waals surface area contributed by atoms with Gasteiger partial charge in [0.25, 0.3) is 5.91 Å². The predicted molar refractivity (Wildman–Crippen MR) is 188 cm³/mol. The van der Waals surface area contributed by atoms with E-state index in [1.165, 1.54) is 23.6 Å². The van der Waals surface area contributed by atoms with Gasteiger partial charge in [-0.2, -0.15) is 0 Å². The van der Waals surface area contributed by atoms with Crippen molar-refractivity contribution in [1.29, 1.82) is 0 Å². The van der Waals surface area contributed by atoms with Crippen molar-refractivity contribution in [1.82, 2.24) is 19.9 Å². The van der Waals surface area contributed by atoms with E-state index in [0.29, 0.717) is 65.8 Å². The zero-order chi connectivity index (χ0) is 33.3. The third kappa shape index (κ3) is 6.95. The van der Waals surface area contributed by atoms with Crippen molar-refractivity contribution in [3.8, 4) is 11.3 Å². The predicted octanol–water partition coefficient (Wildman–Crippen LogP) is 5.53. The molecule has 244 valence electrons. The number of benzene rings is 1. The smallest absolute Gasteiger partial charge is 0.267 e. The molecule has 0 unspecified atom stereocenters. The molecule has 4 aromatic rings. The molecule has 2 aliphatic heterocycles. The molecule has 2 fully saturated rings. The Morgan fingerprint density at radius 3 is 2.55 bits per heavy atom. The number of anilines is 5. The van der Waals surface area contributed by atoms with Gasteiger partial charge in [-0.1, -0.05) is 54.6 Å². The molecule has 0 aliphatic carbocycles. The van der Waals surface area contributed by atoms with Crippen LogP contribution in [-0.2, 0) is 11.2 Å². The first-order valence-corrected chi connectivity index (χ1v) is 16.7. The summed E-state index contributed by atoms with van der Waals surface area (Å²) in [6, 6.07) is 11.5. The first kappa shape index (κ1) is 32.4. The van der Waals surface area contributed by atoms with Gasteiger partial charge >= 0.3 is 0 Å². The third-order valence-electron chi connectivity index (χ3n) is 8.39. The molecule has 1 aromatic carbocycles. The number of carbonyl (C=O) groups is 2. The topological polar surface area (TPSA) is 127 Å². The van der Waals surface area contributed by atoms with Gasteiger partial charge in [0.05, 0.1) is 33.9 Å². The molecule has 3 N–H and O–H groups in total. The highest BCUT2D eigenvalue weighted by Crippen LogP contribution is 2.38. The number of aryl methyl sites for hydroxylation is 2. The molecule has 0 atom stereocenters. The molecule has 2 amide bonds. The van der Waals surface area contributed by atoms with Crippen LogP contribution >= 0.6 is 22.9 Å². The second-order valence-electron chi connectivity index (χ2n) is 12.0. The Balaban J connectivity index is 1.24. The van der Waals surface area contributed by atoms with Crippen LogP contribution in [0.3, 0.4) is 0 Å². The molecule has 47 heavy (non-hydrogen) atoms. The summed E-state index contributed by atoms with van der Waals surface area (Å²) in [5.74, 6) is 1.11. The molecule has 11 nitrogen and oxygen atoms in total. The fraction of sp³-hybridized carbons (Fsp3) is 0.324. The van der Waals surface area contributed by atoms with Gasteiger partial charge in [0, 0.05) is 51.0 Å². The highest BCUT2D eigenvalue weighted by molar-refractivity contribution is 7.17. The summed E-state index contributed by atoms with van der Waals surface area (Å²) in [6.45, 7) is 12.8. The number of aliphatic hydroxyl groups is 1. The van der Waals surface area contributed by atoms with E-state index in [1.807, 2.05) is 44.3 Å². The van der Waals surface area contributed by atoms with E-state index >= 15 is 0 Å². The molecule has 6 rings (SSSR count). The SMILES string of the molecule is C=CC(=O)N1CCN(c2ncc(-c3ccc(CC)c(Nc4ncc(C(=O)Nc5c(C)cccc5Cl)s4)n3)cc2N2CC(C)(O)C2)CC1. The van der Waals surface area contributed by atoms with Crippen molar-refractivity contribution in [2.75, 3.05) is 59.7 Å². The van der Waals surface area contributed by atoms with Gasteiger partial charge < -0.3 is 30.4 Å². The summed E-state index contributed by atoms with van der Waals surface area (Å²) >= 11 is 7.54. The average Bonchev–Trinajstić information content (AvgIpc) is 3.53. The number of para-hydroxylation sites is 1. The Hall–Kier alpha value is -4.52. The molecule has 5 heterocycles. The maximum atomic E-state index is 13.0. The van der Waals surface area contributed by atoms with Crippen molar-refractivity contribution in [3.63, 3.8) is 0 Å². The summed E-state index contributed by atoms with van der Waals surface area (Å²) in [5.41, 5.74) is 4.15. The lowest BCUT2D eigenvalue weighted by atomic mass is 9.95. The van der Waals surface area contributed by atoms with Gasteiger partial charge in [-0.25, -0.2) is 15.0 Å². The van der Waals surface area contributed by atoms with Crippen molar-refractivity contribution >= 4 is 62.9 Å². The lowest BCUT2D eigenvalue weighted by Crippen LogP contribution is -2.60. The maximum Gasteiger partial charge on any atom is 0.267 e. The maximum absolute atomic E-state index is 13.0. The number of rotatable bonds is 9. The van der Waals surface area contributed by atoms with Gasteiger partial charge in [0.2, 0.25) is 5.91 Å². The van der Waals surface area contributed by atoms with Crippen molar-refractivity contribution in [3.05, 3.63) is 82.5 Å². The molecular weight excluding hydrogens is 636 g/mol. The summed E-state index contributed by atoms with van der Waals surface area (Å²) in [6.07, 6.45) is 5.45. The van der Waals surface area contributed by atoms with Crippen LogP contribution in [0, 0.1) is 6.92 Å². The van der Waals surface area contributed by atoms with Gasteiger partial charge in [0.15, 0.2) is 10.9 Å². The molecule has 0 spiro atoms. The summed E-state index contributed by atoms with van der Waals surface area (Å²) < 4.78 is 0. The second-order valence-corrected chi connectivity index (χ2v) is 13.5. The van der Waals surface area contributed by atoms with E-state index < -0.39 is 5.60 Å². The number of β-amino-alcohol motifs (C(OH)–C–C–N with tert-alkyl or cyclic N) is 1. The van der Waals surface area contributed by atoms with E-state index in [9.17, 15) is 14.7 Å². The number of halogens is 1. The van der Waals surface area contributed by atoms with Crippen LogP contribution in [0.25, 0.3) is 11.3 Å². The minimum atomic E-state index is -0.768. The van der Waals surface area contributed by atoms with Crippen LogP contribution in [0.5, 0.6) is 0 Å². The van der Waals surface area contributed by atoms with E-state index in [0.717, 1.165) is 40.3 Å². The Labute approximate surface area is 282 Å². The first-order valence-electron chi connectivity index (χ1n) is 15.5. The molecular formula is C34H37ClN8O3S. The van der Waals surface area contributed by atoms with Gasteiger partial charge in [-0.15, -0.1) is 0 Å². The lowest BCUT2D eigenvalue weighted by Gasteiger charge is -2.47. The normalized spacial score (nSPS) is 15.6. The van der Waals surface area contributed by atoms with Crippen LogP contribution in [-0.4, -0.2) is 81.6 Å². The number of piperazine rings is 1. The third-order valence-corrected chi connectivity index (χ3v) is 9.61. The fourth-order valence-electron chi connectivity index (χ4n) is 5.82. The van der Waals surface area contributed by atoms with Crippen LogP contribution in [0.4, 0.5) is 28.1 Å². The average molecular weight is 673 g/mol. The van der Waals surface area contributed by atoms with Gasteiger partial charge in [-0.05, 0) is 55.7 Å². The summed E-state index contributed by atoms with van der Waals surface area (Å²) in [4.78, 5) is 46.0. The quantitative estimate of drug-likeness (QED) is 0.197. The number of thiazole rings is 1. The Bertz CT molecular complexity index is 1810. The molecule has 2 saturated heterocycles. The zero-order valence-corrected chi connectivity index (χ0v) is 28.2. The first-order chi connectivity index (χ1) is 22.5. The largest absolute Gasteiger partial charge is 0.386 e. The fourth-order valence-corrected chi connectivity index (χ4v) is 6.80. The van der Waals surface area contributed by atoms with Crippen LogP contribution in [0.2, 0.25) is 5.02 Å². The number of hydrogen-bond acceptors (Lipinski definition) is 10. The number of nitrogens with zero attached hydrogens (tertiary/aromatic N) is 6.